The van der Waals surface area contributed by atoms with Crippen LogP contribution in [-0.4, -0.2) is 54.7 Å². The number of nitrogens with two attached hydrogens (primary N) is 1. The Morgan fingerprint density at radius 3 is 3.00 bits per heavy atom. The number of likely N-dealkylation sites (tertiary alicyclic amines) is 1. The van der Waals surface area contributed by atoms with E-state index >= 15 is 0 Å². The summed E-state index contributed by atoms with van der Waals surface area (Å²) in [6.07, 6.45) is 0.959. The van der Waals surface area contributed by atoms with Gasteiger partial charge < -0.3 is 21.1 Å². The number of hydrogen-bond acceptors (Lipinski definition) is 4. The minimum absolute atomic E-state index is 0.190. The number of nitrogens with one attached hydrogen (secondary N) is 1. The summed E-state index contributed by atoms with van der Waals surface area (Å²) >= 11 is 0. The Morgan fingerprint density at radius 1 is 1.85 bits per heavy atom. The summed E-state index contributed by atoms with van der Waals surface area (Å²) in [5.41, 5.74) is 5.35. The lowest BCUT2D eigenvalue weighted by Crippen LogP contribution is -2.47. The van der Waals surface area contributed by atoms with Crippen molar-refractivity contribution in [1.29, 1.82) is 0 Å². The number of carbonyl (C=O) groups excluding carboxylic acids is 1. The predicted molar refractivity (Wildman–Crippen MR) is 49.1 cm³/mol. The van der Waals surface area contributed by atoms with Gasteiger partial charge in [0, 0.05) is 12.6 Å². The van der Waals surface area contributed by atoms with Crippen molar-refractivity contribution < 1.29 is 9.90 Å². The lowest BCUT2D eigenvalue weighted by atomic mass is 10.2. The van der Waals surface area contributed by atoms with E-state index < -0.39 is 6.04 Å². The van der Waals surface area contributed by atoms with Crippen LogP contribution < -0.4 is 11.1 Å². The third kappa shape index (κ3) is 2.95. The van der Waals surface area contributed by atoms with Crippen LogP contribution in [0.25, 0.3) is 0 Å². The zero-order valence-corrected chi connectivity index (χ0v) is 7.86. The summed E-state index contributed by atoms with van der Waals surface area (Å²) in [4.78, 5) is 13.4. The molecule has 2 unspecified atom stereocenters. The number of aliphatic hydroxyl groups excluding tert-OH is 1. The van der Waals surface area contributed by atoms with Crippen molar-refractivity contribution >= 4 is 5.91 Å². The maximum atomic E-state index is 11.2. The number of carbonyl (C=O) groups is 1. The van der Waals surface area contributed by atoms with E-state index in [1.54, 1.807) is 0 Å². The molecule has 0 aromatic carbocycles. The summed E-state index contributed by atoms with van der Waals surface area (Å²) in [7, 11) is 2.01. The second-order valence-electron chi connectivity index (χ2n) is 3.55. The predicted octanol–water partition coefficient (Wildman–Crippen LogP) is -1.87. The summed E-state index contributed by atoms with van der Waals surface area (Å²) < 4.78 is 0. The van der Waals surface area contributed by atoms with Gasteiger partial charge in [0.25, 0.3) is 0 Å². The van der Waals surface area contributed by atoms with Crippen molar-refractivity contribution in [3.8, 4) is 0 Å². The molecule has 1 heterocycles. The van der Waals surface area contributed by atoms with Crippen molar-refractivity contribution in [1.82, 2.24) is 10.2 Å². The van der Waals surface area contributed by atoms with Gasteiger partial charge in [-0.25, -0.2) is 0 Å². The summed E-state index contributed by atoms with van der Waals surface area (Å²) in [5, 5.41) is 11.4. The van der Waals surface area contributed by atoms with Gasteiger partial charge in [-0.15, -0.1) is 0 Å². The van der Waals surface area contributed by atoms with Gasteiger partial charge in [0.15, 0.2) is 0 Å². The van der Waals surface area contributed by atoms with Crippen molar-refractivity contribution in [2.45, 2.75) is 18.5 Å². The standard InChI is InChI=1S/C8H17N3O2/c1-11-3-2-6(4-11)10-8(13)7(9)5-12/h6-7,12H,2-5,9H2,1H3,(H,10,13). The molecule has 5 heteroatoms. The lowest BCUT2D eigenvalue weighted by molar-refractivity contribution is -0.123. The minimum atomic E-state index is -0.786. The van der Waals surface area contributed by atoms with Crippen LogP contribution in [0.5, 0.6) is 0 Å². The van der Waals surface area contributed by atoms with E-state index in [9.17, 15) is 4.79 Å². The van der Waals surface area contributed by atoms with Crippen LogP contribution in [0.15, 0.2) is 0 Å². The van der Waals surface area contributed by atoms with Crippen LogP contribution in [0.4, 0.5) is 0 Å². The number of hydrogen-bond donors (Lipinski definition) is 3. The molecule has 1 rings (SSSR count). The largest absolute Gasteiger partial charge is 0.394 e. The van der Waals surface area contributed by atoms with Gasteiger partial charge in [-0.05, 0) is 20.0 Å². The number of aliphatic hydroxyl groups is 1. The topological polar surface area (TPSA) is 78.6 Å². The molecule has 0 saturated carbocycles. The van der Waals surface area contributed by atoms with E-state index in [0.717, 1.165) is 19.5 Å². The normalized spacial score (nSPS) is 25.9. The summed E-state index contributed by atoms with van der Waals surface area (Å²) in [5.74, 6) is -0.261. The van der Waals surface area contributed by atoms with Gasteiger partial charge >= 0.3 is 0 Å². The first-order valence-electron chi connectivity index (χ1n) is 4.49. The van der Waals surface area contributed by atoms with Crippen LogP contribution in [0.2, 0.25) is 0 Å². The van der Waals surface area contributed by atoms with Crippen molar-refractivity contribution in [2.24, 2.45) is 5.73 Å². The Kier molecular flexibility index (Phi) is 3.65. The maximum Gasteiger partial charge on any atom is 0.239 e. The molecule has 5 nitrogen and oxygen atoms in total. The fourth-order valence-electron chi connectivity index (χ4n) is 1.44. The highest BCUT2D eigenvalue weighted by Crippen LogP contribution is 2.05. The van der Waals surface area contributed by atoms with Crippen molar-refractivity contribution in [3.05, 3.63) is 0 Å². The van der Waals surface area contributed by atoms with E-state index in [-0.39, 0.29) is 18.6 Å². The number of rotatable bonds is 3. The Morgan fingerprint density at radius 2 is 2.54 bits per heavy atom. The summed E-state index contributed by atoms with van der Waals surface area (Å²) in [6, 6.07) is -0.596. The Balaban J connectivity index is 2.28. The van der Waals surface area contributed by atoms with Crippen LogP contribution in [0, 0.1) is 0 Å². The van der Waals surface area contributed by atoms with Crippen molar-refractivity contribution in [2.75, 3.05) is 26.7 Å². The zero-order chi connectivity index (χ0) is 9.84. The van der Waals surface area contributed by atoms with E-state index in [1.807, 2.05) is 7.05 Å². The Bertz CT molecular complexity index is 186. The number of likely N-dealkylation sites (N-methyl/N-ethyl adjacent to an activating group) is 1. The highest BCUT2D eigenvalue weighted by atomic mass is 16.3. The molecule has 76 valence electrons. The molecule has 1 aliphatic heterocycles. The number of amides is 1. The van der Waals surface area contributed by atoms with Gasteiger partial charge in [-0.2, -0.15) is 0 Å². The fraction of sp³-hybridized carbons (Fsp3) is 0.875. The molecule has 0 aromatic heterocycles. The minimum Gasteiger partial charge on any atom is -0.394 e. The molecule has 0 aromatic rings. The molecule has 1 fully saturated rings. The second-order valence-corrected chi connectivity index (χ2v) is 3.55. The first-order chi connectivity index (χ1) is 6.13. The Hall–Kier alpha value is -0.650. The maximum absolute atomic E-state index is 11.2. The zero-order valence-electron chi connectivity index (χ0n) is 7.86. The van der Waals surface area contributed by atoms with Crippen LogP contribution in [0.1, 0.15) is 6.42 Å². The van der Waals surface area contributed by atoms with Gasteiger partial charge in [-0.3, -0.25) is 4.79 Å². The van der Waals surface area contributed by atoms with E-state index in [0.29, 0.717) is 0 Å². The van der Waals surface area contributed by atoms with Gasteiger partial charge in [0.05, 0.1) is 6.61 Å². The third-order valence-electron chi connectivity index (χ3n) is 2.27. The molecule has 2 atom stereocenters. The molecule has 1 amide bonds. The van der Waals surface area contributed by atoms with Gasteiger partial charge in [0.1, 0.15) is 6.04 Å². The Labute approximate surface area is 77.9 Å². The second kappa shape index (κ2) is 4.55. The van der Waals surface area contributed by atoms with Crippen LogP contribution in [-0.2, 0) is 4.79 Å². The molecule has 1 aliphatic rings. The number of nitrogens with zero attached hydrogens (tertiary/aromatic N) is 1. The van der Waals surface area contributed by atoms with Gasteiger partial charge in [-0.1, -0.05) is 0 Å². The molecule has 0 aliphatic carbocycles. The molecule has 4 N–H and O–H groups in total. The van der Waals surface area contributed by atoms with E-state index in [2.05, 4.69) is 10.2 Å². The quantitative estimate of drug-likeness (QED) is 0.483. The highest BCUT2D eigenvalue weighted by molar-refractivity contribution is 5.81. The molecular formula is C8H17N3O2. The first kappa shape index (κ1) is 10.4. The van der Waals surface area contributed by atoms with E-state index in [4.69, 9.17) is 10.8 Å². The first-order valence-corrected chi connectivity index (χ1v) is 4.49. The van der Waals surface area contributed by atoms with Crippen LogP contribution in [0.3, 0.4) is 0 Å². The highest BCUT2D eigenvalue weighted by Gasteiger charge is 2.22. The average Bonchev–Trinajstić information content (AvgIpc) is 2.49. The molecule has 0 spiro atoms. The fourth-order valence-corrected chi connectivity index (χ4v) is 1.44. The average molecular weight is 187 g/mol. The molecule has 0 radical (unpaired) electrons. The molecule has 0 bridgehead atoms. The van der Waals surface area contributed by atoms with Crippen molar-refractivity contribution in [3.63, 3.8) is 0 Å². The smallest absolute Gasteiger partial charge is 0.239 e. The van der Waals surface area contributed by atoms with E-state index in [1.165, 1.54) is 0 Å². The molecule has 1 saturated heterocycles. The monoisotopic (exact) mass is 187 g/mol. The lowest BCUT2D eigenvalue weighted by Gasteiger charge is -2.15. The van der Waals surface area contributed by atoms with Gasteiger partial charge in [0.2, 0.25) is 5.91 Å². The SMILES string of the molecule is CN1CCC(NC(=O)C(N)CO)C1. The molecular weight excluding hydrogens is 170 g/mol. The van der Waals surface area contributed by atoms with Crippen LogP contribution >= 0.6 is 0 Å². The third-order valence-corrected chi connectivity index (χ3v) is 2.27. The molecule has 13 heavy (non-hydrogen) atoms. The summed E-state index contributed by atoms with van der Waals surface area (Å²) in [6.45, 7) is 1.57.